The lowest BCUT2D eigenvalue weighted by atomic mass is 10.3. The molecule has 0 aliphatic rings. The molecule has 2 aromatic carbocycles. The number of hydrogen-bond donors (Lipinski definition) is 1. The average Bonchev–Trinajstić information content (AvgIpc) is 2.40. The third-order valence-corrected chi connectivity index (χ3v) is 3.07. The van der Waals surface area contributed by atoms with Crippen molar-refractivity contribution in [2.75, 3.05) is 12.4 Å². The van der Waals surface area contributed by atoms with Crippen LogP contribution in [0.3, 0.4) is 0 Å². The zero-order valence-corrected chi connectivity index (χ0v) is 10.7. The van der Waals surface area contributed by atoms with Gasteiger partial charge in [0.2, 0.25) is 0 Å². The Labute approximate surface area is 110 Å². The molecule has 92 valence electrons. The Kier molecular flexibility index (Phi) is 4.25. The number of thioether (sulfide) groups is 1. The van der Waals surface area contributed by atoms with Gasteiger partial charge in [-0.2, -0.15) is 0 Å². The Bertz CT molecular complexity index is 528. The summed E-state index contributed by atoms with van der Waals surface area (Å²) in [6.07, 6.45) is 0. The predicted octanol–water partition coefficient (Wildman–Crippen LogP) is 4.02. The van der Waals surface area contributed by atoms with Crippen molar-refractivity contribution in [3.8, 4) is 5.75 Å². The summed E-state index contributed by atoms with van der Waals surface area (Å²) >= 11 is 1.16. The molecule has 0 spiro atoms. The fourth-order valence-electron chi connectivity index (χ4n) is 1.44. The molecular formula is C14H13NO2S. The molecule has 0 bridgehead atoms. The van der Waals surface area contributed by atoms with E-state index in [4.69, 9.17) is 4.74 Å². The maximum absolute atomic E-state index is 11.8. The van der Waals surface area contributed by atoms with Crippen LogP contribution in [0, 0.1) is 0 Å². The van der Waals surface area contributed by atoms with Crippen LogP contribution in [-0.4, -0.2) is 12.3 Å². The molecule has 0 heterocycles. The number of nitrogens with one attached hydrogen (secondary N) is 1. The number of carbonyl (C=O) groups is 1. The van der Waals surface area contributed by atoms with Crippen molar-refractivity contribution in [1.29, 1.82) is 0 Å². The molecule has 0 aliphatic carbocycles. The van der Waals surface area contributed by atoms with Gasteiger partial charge in [-0.3, -0.25) is 4.79 Å². The van der Waals surface area contributed by atoms with Crippen LogP contribution in [0.1, 0.15) is 0 Å². The molecule has 2 aromatic rings. The molecule has 0 aliphatic heterocycles. The Balaban J connectivity index is 1.99. The molecule has 0 unspecified atom stereocenters. The summed E-state index contributed by atoms with van der Waals surface area (Å²) in [5, 5.41) is 2.69. The molecular weight excluding hydrogens is 246 g/mol. The summed E-state index contributed by atoms with van der Waals surface area (Å²) in [5.41, 5.74) is 0.725. The molecule has 1 N–H and O–H groups in total. The Morgan fingerprint density at radius 3 is 2.61 bits per heavy atom. The van der Waals surface area contributed by atoms with E-state index >= 15 is 0 Å². The first-order valence-electron chi connectivity index (χ1n) is 5.46. The fourth-order valence-corrected chi connectivity index (χ4v) is 2.12. The number of rotatable bonds is 3. The highest BCUT2D eigenvalue weighted by Gasteiger charge is 2.05. The van der Waals surface area contributed by atoms with E-state index in [-0.39, 0.29) is 5.24 Å². The van der Waals surface area contributed by atoms with E-state index in [0.29, 0.717) is 0 Å². The van der Waals surface area contributed by atoms with Crippen molar-refractivity contribution >= 4 is 22.7 Å². The lowest BCUT2D eigenvalue weighted by Gasteiger charge is -2.06. The second kappa shape index (κ2) is 6.12. The minimum absolute atomic E-state index is 0.116. The van der Waals surface area contributed by atoms with Crippen LogP contribution in [0.5, 0.6) is 5.75 Å². The second-order valence-corrected chi connectivity index (χ2v) is 4.61. The zero-order chi connectivity index (χ0) is 12.8. The number of anilines is 1. The minimum Gasteiger partial charge on any atom is -0.497 e. The van der Waals surface area contributed by atoms with E-state index in [1.807, 2.05) is 48.5 Å². The SMILES string of the molecule is COc1cccc(NC(=O)Sc2ccccc2)c1. The fraction of sp³-hybridized carbons (Fsp3) is 0.0714. The molecule has 1 amide bonds. The van der Waals surface area contributed by atoms with E-state index in [9.17, 15) is 4.79 Å². The van der Waals surface area contributed by atoms with Gasteiger partial charge in [0.25, 0.3) is 5.24 Å². The molecule has 3 nitrogen and oxygen atoms in total. The van der Waals surface area contributed by atoms with E-state index in [2.05, 4.69) is 5.32 Å². The molecule has 4 heteroatoms. The highest BCUT2D eigenvalue weighted by atomic mass is 32.2. The van der Waals surface area contributed by atoms with Gasteiger partial charge in [-0.05, 0) is 36.0 Å². The van der Waals surface area contributed by atoms with Crippen molar-refractivity contribution in [3.63, 3.8) is 0 Å². The van der Waals surface area contributed by atoms with Crippen molar-refractivity contribution in [1.82, 2.24) is 0 Å². The van der Waals surface area contributed by atoms with Crippen LogP contribution in [0.4, 0.5) is 10.5 Å². The third kappa shape index (κ3) is 3.53. The molecule has 0 aromatic heterocycles. The molecule has 0 saturated heterocycles. The standard InChI is InChI=1S/C14H13NO2S/c1-17-12-7-5-6-11(10-12)15-14(16)18-13-8-3-2-4-9-13/h2-10H,1H3,(H,15,16). The number of benzene rings is 2. The zero-order valence-electron chi connectivity index (χ0n) is 9.92. The molecule has 18 heavy (non-hydrogen) atoms. The van der Waals surface area contributed by atoms with E-state index < -0.39 is 0 Å². The first kappa shape index (κ1) is 12.5. The largest absolute Gasteiger partial charge is 0.497 e. The van der Waals surface area contributed by atoms with Gasteiger partial charge in [0.1, 0.15) is 5.75 Å². The summed E-state index contributed by atoms with van der Waals surface area (Å²) in [6, 6.07) is 16.8. The third-order valence-electron chi connectivity index (χ3n) is 2.27. The summed E-state index contributed by atoms with van der Waals surface area (Å²) < 4.78 is 5.10. The van der Waals surface area contributed by atoms with Gasteiger partial charge in [0.05, 0.1) is 7.11 Å². The first-order valence-corrected chi connectivity index (χ1v) is 6.27. The Morgan fingerprint density at radius 2 is 1.89 bits per heavy atom. The highest BCUT2D eigenvalue weighted by molar-refractivity contribution is 8.13. The molecule has 0 atom stereocenters. The molecule has 0 saturated carbocycles. The first-order chi connectivity index (χ1) is 8.78. The van der Waals surface area contributed by atoms with Crippen LogP contribution in [-0.2, 0) is 0 Å². The van der Waals surface area contributed by atoms with E-state index in [0.717, 1.165) is 28.1 Å². The van der Waals surface area contributed by atoms with Crippen molar-refractivity contribution in [2.24, 2.45) is 0 Å². The van der Waals surface area contributed by atoms with Gasteiger partial charge < -0.3 is 10.1 Å². The van der Waals surface area contributed by atoms with Gasteiger partial charge in [-0.25, -0.2) is 0 Å². The van der Waals surface area contributed by atoms with Crippen LogP contribution in [0.15, 0.2) is 59.5 Å². The van der Waals surface area contributed by atoms with Gasteiger partial charge in [0.15, 0.2) is 0 Å². The smallest absolute Gasteiger partial charge is 0.288 e. The number of methoxy groups -OCH3 is 1. The van der Waals surface area contributed by atoms with Gasteiger partial charge in [-0.15, -0.1) is 0 Å². The minimum atomic E-state index is -0.116. The number of ether oxygens (including phenoxy) is 1. The highest BCUT2D eigenvalue weighted by Crippen LogP contribution is 2.22. The summed E-state index contributed by atoms with van der Waals surface area (Å²) in [4.78, 5) is 12.7. The van der Waals surface area contributed by atoms with Crippen LogP contribution in [0.2, 0.25) is 0 Å². The summed E-state index contributed by atoms with van der Waals surface area (Å²) in [5.74, 6) is 0.720. The monoisotopic (exact) mass is 259 g/mol. The molecule has 2 rings (SSSR count). The van der Waals surface area contributed by atoms with Crippen LogP contribution < -0.4 is 10.1 Å². The van der Waals surface area contributed by atoms with Crippen LogP contribution in [0.25, 0.3) is 0 Å². The second-order valence-electron chi connectivity index (χ2n) is 3.56. The number of carbonyl (C=O) groups excluding carboxylic acids is 1. The van der Waals surface area contributed by atoms with E-state index in [1.165, 1.54) is 0 Å². The Hall–Kier alpha value is -1.94. The normalized spacial score (nSPS) is 9.83. The van der Waals surface area contributed by atoms with Crippen molar-refractivity contribution in [3.05, 3.63) is 54.6 Å². The van der Waals surface area contributed by atoms with Gasteiger partial charge in [-0.1, -0.05) is 24.3 Å². The van der Waals surface area contributed by atoms with E-state index in [1.54, 1.807) is 13.2 Å². The Morgan fingerprint density at radius 1 is 1.11 bits per heavy atom. The summed E-state index contributed by atoms with van der Waals surface area (Å²) in [6.45, 7) is 0. The van der Waals surface area contributed by atoms with Gasteiger partial charge >= 0.3 is 0 Å². The predicted molar refractivity (Wildman–Crippen MR) is 74.3 cm³/mol. The lowest BCUT2D eigenvalue weighted by Crippen LogP contribution is -2.04. The molecule has 0 radical (unpaired) electrons. The van der Waals surface area contributed by atoms with Crippen molar-refractivity contribution < 1.29 is 9.53 Å². The molecule has 0 fully saturated rings. The lowest BCUT2D eigenvalue weighted by molar-refractivity contribution is 0.270. The van der Waals surface area contributed by atoms with Crippen LogP contribution >= 0.6 is 11.8 Å². The summed E-state index contributed by atoms with van der Waals surface area (Å²) in [7, 11) is 1.60. The quantitative estimate of drug-likeness (QED) is 0.846. The average molecular weight is 259 g/mol. The number of hydrogen-bond acceptors (Lipinski definition) is 3. The van der Waals surface area contributed by atoms with Gasteiger partial charge in [0, 0.05) is 16.6 Å². The van der Waals surface area contributed by atoms with Crippen molar-refractivity contribution in [2.45, 2.75) is 4.90 Å². The maximum Gasteiger partial charge on any atom is 0.288 e. The maximum atomic E-state index is 11.8. The number of amides is 1. The topological polar surface area (TPSA) is 38.3 Å².